The summed E-state index contributed by atoms with van der Waals surface area (Å²) in [6.45, 7) is 5.85. The highest BCUT2D eigenvalue weighted by Crippen LogP contribution is 2.30. The molecular formula is C16H17BrClN3O2S. The van der Waals surface area contributed by atoms with E-state index in [0.717, 1.165) is 33.0 Å². The summed E-state index contributed by atoms with van der Waals surface area (Å²) in [6.07, 6.45) is 0.476. The summed E-state index contributed by atoms with van der Waals surface area (Å²) >= 11 is 10.7. The third-order valence-corrected chi connectivity index (χ3v) is 5.82. The average Bonchev–Trinajstić information content (AvgIpc) is 2.52. The van der Waals surface area contributed by atoms with Crippen molar-refractivity contribution in [3.05, 3.63) is 39.0 Å². The fourth-order valence-electron chi connectivity index (χ4n) is 2.01. The van der Waals surface area contributed by atoms with E-state index in [1.807, 2.05) is 32.9 Å². The van der Waals surface area contributed by atoms with Crippen molar-refractivity contribution >= 4 is 56.8 Å². The molecule has 0 radical (unpaired) electrons. The monoisotopic (exact) mass is 429 g/mol. The number of nitrogens with one attached hydrogen (secondary N) is 1. The Morgan fingerprint density at radius 3 is 2.71 bits per heavy atom. The Morgan fingerprint density at radius 1 is 1.38 bits per heavy atom. The molecule has 128 valence electrons. The lowest BCUT2D eigenvalue weighted by atomic mass is 10.1. The first kappa shape index (κ1) is 19.0. The molecule has 2 N–H and O–H groups in total. The molecule has 1 unspecified atom stereocenters. The van der Waals surface area contributed by atoms with E-state index in [1.165, 1.54) is 0 Å². The van der Waals surface area contributed by atoms with Crippen LogP contribution < -0.4 is 5.32 Å². The number of carbonyl (C=O) groups is 1. The van der Waals surface area contributed by atoms with E-state index in [-0.39, 0.29) is 5.15 Å². The molecule has 1 aromatic heterocycles. The van der Waals surface area contributed by atoms with Gasteiger partial charge in [-0.05, 0) is 43.5 Å². The quantitative estimate of drug-likeness (QED) is 0.372. The molecule has 1 heterocycles. The first-order valence-electron chi connectivity index (χ1n) is 7.28. The fraction of sp³-hybridized carbons (Fsp3) is 0.312. The van der Waals surface area contributed by atoms with Gasteiger partial charge in [0.05, 0.1) is 0 Å². The third kappa shape index (κ3) is 4.62. The molecule has 1 aromatic carbocycles. The second-order valence-electron chi connectivity index (χ2n) is 5.18. The van der Waals surface area contributed by atoms with E-state index < -0.39 is 11.2 Å². The predicted octanol–water partition coefficient (Wildman–Crippen LogP) is 5.21. The van der Waals surface area contributed by atoms with E-state index >= 15 is 0 Å². The number of rotatable bonds is 6. The molecule has 1 atom stereocenters. The number of anilines is 2. The molecule has 0 fully saturated rings. The molecule has 2 rings (SSSR count). The number of hydrogen-bond acceptors (Lipinski definition) is 5. The number of thioether (sulfide) groups is 1. The van der Waals surface area contributed by atoms with Crippen LogP contribution in [-0.4, -0.2) is 26.3 Å². The van der Waals surface area contributed by atoms with Gasteiger partial charge in [-0.15, -0.1) is 0 Å². The van der Waals surface area contributed by atoms with Gasteiger partial charge in [0.1, 0.15) is 16.2 Å². The zero-order valence-corrected chi connectivity index (χ0v) is 16.6. The Morgan fingerprint density at radius 2 is 2.08 bits per heavy atom. The zero-order valence-electron chi connectivity index (χ0n) is 13.4. The first-order valence-corrected chi connectivity index (χ1v) is 9.33. The van der Waals surface area contributed by atoms with Gasteiger partial charge >= 0.3 is 5.97 Å². The maximum absolute atomic E-state index is 11.2. The molecule has 2 aromatic rings. The van der Waals surface area contributed by atoms with Gasteiger partial charge in [-0.3, -0.25) is 4.79 Å². The predicted molar refractivity (Wildman–Crippen MR) is 102 cm³/mol. The highest BCUT2D eigenvalue weighted by Gasteiger charge is 2.19. The molecule has 0 amide bonds. The van der Waals surface area contributed by atoms with Gasteiger partial charge in [0.2, 0.25) is 0 Å². The summed E-state index contributed by atoms with van der Waals surface area (Å²) in [4.78, 5) is 19.7. The number of aromatic nitrogens is 2. The van der Waals surface area contributed by atoms with Crippen LogP contribution >= 0.6 is 39.3 Å². The summed E-state index contributed by atoms with van der Waals surface area (Å²) < 4.78 is 1.04. The first-order chi connectivity index (χ1) is 11.3. The van der Waals surface area contributed by atoms with Crippen molar-refractivity contribution in [1.29, 1.82) is 0 Å². The summed E-state index contributed by atoms with van der Waals surface area (Å²) in [5, 5.41) is 12.4. The highest BCUT2D eigenvalue weighted by molar-refractivity contribution is 9.10. The lowest BCUT2D eigenvalue weighted by molar-refractivity contribution is -0.136. The molecule has 0 aliphatic heterocycles. The number of benzene rings is 1. The minimum absolute atomic E-state index is 0.265. The molecule has 24 heavy (non-hydrogen) atoms. The fourth-order valence-corrected chi connectivity index (χ4v) is 3.50. The van der Waals surface area contributed by atoms with Crippen LogP contribution in [0.1, 0.15) is 24.5 Å². The topological polar surface area (TPSA) is 75.1 Å². The van der Waals surface area contributed by atoms with Gasteiger partial charge in [0.15, 0.2) is 5.16 Å². The third-order valence-electron chi connectivity index (χ3n) is 3.55. The number of carboxylic acids is 1. The van der Waals surface area contributed by atoms with Crippen LogP contribution in [0.5, 0.6) is 0 Å². The van der Waals surface area contributed by atoms with Crippen molar-refractivity contribution in [1.82, 2.24) is 9.97 Å². The van der Waals surface area contributed by atoms with E-state index in [9.17, 15) is 9.90 Å². The van der Waals surface area contributed by atoms with Gasteiger partial charge in [-0.1, -0.05) is 46.2 Å². The van der Waals surface area contributed by atoms with Crippen LogP contribution in [0, 0.1) is 13.8 Å². The molecule has 0 bridgehead atoms. The molecule has 0 saturated heterocycles. The number of carboxylic acid groups (broad SMARTS) is 1. The minimum atomic E-state index is -0.889. The number of hydrogen-bond donors (Lipinski definition) is 2. The SMILES string of the molecule is CCC(Sc1nc(Cl)cc(Nc2ccc(Br)c(C)c2C)n1)C(=O)O. The number of nitrogens with zero attached hydrogens (tertiary/aromatic N) is 2. The minimum Gasteiger partial charge on any atom is -0.480 e. The number of halogens is 2. The van der Waals surface area contributed by atoms with Gasteiger partial charge in [-0.2, -0.15) is 0 Å². The van der Waals surface area contributed by atoms with Crippen molar-refractivity contribution in [3.8, 4) is 0 Å². The Kier molecular flexibility index (Phi) is 6.48. The summed E-state index contributed by atoms with van der Waals surface area (Å²) in [6, 6.07) is 5.52. The van der Waals surface area contributed by atoms with Gasteiger partial charge < -0.3 is 10.4 Å². The molecule has 8 heteroatoms. The van der Waals surface area contributed by atoms with Crippen LogP contribution in [0.3, 0.4) is 0 Å². The van der Waals surface area contributed by atoms with Crippen molar-refractivity contribution in [2.24, 2.45) is 0 Å². The standard InChI is InChI=1S/C16H17BrClN3O2S/c1-4-12(15(22)23)24-16-20-13(18)7-14(21-16)19-11-6-5-10(17)8(2)9(11)3/h5-7,12H,4H2,1-3H3,(H,22,23)(H,19,20,21). The summed E-state index contributed by atoms with van der Waals surface area (Å²) in [7, 11) is 0. The molecule has 0 saturated carbocycles. The van der Waals surface area contributed by atoms with Crippen molar-refractivity contribution in [2.45, 2.75) is 37.6 Å². The summed E-state index contributed by atoms with van der Waals surface area (Å²) in [5.74, 6) is -0.359. The molecule has 0 aliphatic rings. The van der Waals surface area contributed by atoms with E-state index in [1.54, 1.807) is 6.07 Å². The van der Waals surface area contributed by atoms with Crippen LogP contribution in [0.25, 0.3) is 0 Å². The van der Waals surface area contributed by atoms with E-state index in [0.29, 0.717) is 17.4 Å². The Balaban J connectivity index is 2.29. The van der Waals surface area contributed by atoms with Gasteiger partial charge in [-0.25, -0.2) is 9.97 Å². The van der Waals surface area contributed by atoms with E-state index in [4.69, 9.17) is 11.6 Å². The Labute approximate surface area is 158 Å². The van der Waals surface area contributed by atoms with Crippen LogP contribution in [0.2, 0.25) is 5.15 Å². The maximum atomic E-state index is 11.2. The summed E-state index contributed by atoms with van der Waals surface area (Å²) in [5.41, 5.74) is 3.13. The normalized spacial score (nSPS) is 12.0. The Hall–Kier alpha value is -1.31. The van der Waals surface area contributed by atoms with Gasteiger partial charge in [0.25, 0.3) is 0 Å². The van der Waals surface area contributed by atoms with Crippen molar-refractivity contribution in [2.75, 3.05) is 5.32 Å². The van der Waals surface area contributed by atoms with Crippen molar-refractivity contribution in [3.63, 3.8) is 0 Å². The molecular weight excluding hydrogens is 414 g/mol. The van der Waals surface area contributed by atoms with Crippen LogP contribution in [0.4, 0.5) is 11.5 Å². The van der Waals surface area contributed by atoms with Crippen molar-refractivity contribution < 1.29 is 9.90 Å². The molecule has 0 aliphatic carbocycles. The van der Waals surface area contributed by atoms with Crippen LogP contribution in [-0.2, 0) is 4.79 Å². The second-order valence-corrected chi connectivity index (χ2v) is 7.59. The smallest absolute Gasteiger partial charge is 0.317 e. The van der Waals surface area contributed by atoms with E-state index in [2.05, 4.69) is 31.2 Å². The maximum Gasteiger partial charge on any atom is 0.317 e. The number of aliphatic carboxylic acids is 1. The lowest BCUT2D eigenvalue weighted by Crippen LogP contribution is -2.15. The largest absolute Gasteiger partial charge is 0.480 e. The second kappa shape index (κ2) is 8.18. The highest BCUT2D eigenvalue weighted by atomic mass is 79.9. The zero-order chi connectivity index (χ0) is 17.9. The van der Waals surface area contributed by atoms with Gasteiger partial charge in [0, 0.05) is 16.2 Å². The van der Waals surface area contributed by atoms with Crippen LogP contribution in [0.15, 0.2) is 27.8 Å². The molecule has 0 spiro atoms. The average molecular weight is 431 g/mol. The molecule has 5 nitrogen and oxygen atoms in total. The lowest BCUT2D eigenvalue weighted by Gasteiger charge is -2.14. The Bertz CT molecular complexity index is 773.